The number of likely N-dealkylation sites (tertiary alicyclic amines) is 1. The van der Waals surface area contributed by atoms with Crippen LogP contribution in [0, 0.1) is 5.41 Å². The van der Waals surface area contributed by atoms with Gasteiger partial charge in [0.2, 0.25) is 0 Å². The van der Waals surface area contributed by atoms with E-state index in [4.69, 9.17) is 23.2 Å². The van der Waals surface area contributed by atoms with Crippen molar-refractivity contribution >= 4 is 29.1 Å². The van der Waals surface area contributed by atoms with Gasteiger partial charge in [-0.15, -0.1) is 0 Å². The fraction of sp³-hybridized carbons (Fsp3) is 0.562. The highest BCUT2D eigenvalue weighted by molar-refractivity contribution is 6.42. The minimum Gasteiger partial charge on any atom is -0.508 e. The Morgan fingerprint density at radius 1 is 1.23 bits per heavy atom. The van der Waals surface area contributed by atoms with E-state index in [-0.39, 0.29) is 23.9 Å². The summed E-state index contributed by atoms with van der Waals surface area (Å²) < 4.78 is 36.9. The molecule has 0 radical (unpaired) electrons. The monoisotopic (exact) mass is 414 g/mol. The van der Waals surface area contributed by atoms with Crippen molar-refractivity contribution in [3.63, 3.8) is 0 Å². The lowest BCUT2D eigenvalue weighted by molar-refractivity contribution is -0.174. The first-order valence-electron chi connectivity index (χ1n) is 7.91. The number of piperidine rings is 1. The van der Waals surface area contributed by atoms with Crippen LogP contribution in [0.2, 0.25) is 10.0 Å². The number of nitrogens with zero attached hydrogens (tertiary/aromatic N) is 1. The van der Waals surface area contributed by atoms with Crippen molar-refractivity contribution in [2.45, 2.75) is 25.6 Å². The second-order valence-electron chi connectivity index (χ2n) is 6.51. The number of rotatable bonds is 5. The molecule has 1 aliphatic heterocycles. The van der Waals surface area contributed by atoms with Crippen LogP contribution in [0.3, 0.4) is 0 Å². The van der Waals surface area contributed by atoms with Gasteiger partial charge in [0.05, 0.1) is 16.7 Å². The molecule has 0 aliphatic carbocycles. The zero-order valence-corrected chi connectivity index (χ0v) is 15.3. The standard InChI is InChI=1S/C16H19Cl2F3N2O3/c17-11-5-10(13(25)6-12(11)18)7-23-3-1-15(9-24,2-4-23)8-22-14(26)16(19,20)21/h5-6,24-25H,1-4,7-9H2,(H,22,26). The molecule has 0 saturated carbocycles. The van der Waals surface area contributed by atoms with Crippen molar-refractivity contribution in [1.82, 2.24) is 10.2 Å². The first-order chi connectivity index (χ1) is 12.1. The average Bonchev–Trinajstić information content (AvgIpc) is 2.58. The lowest BCUT2D eigenvalue weighted by Gasteiger charge is -2.41. The van der Waals surface area contributed by atoms with Crippen molar-refractivity contribution in [3.05, 3.63) is 27.7 Å². The molecule has 1 saturated heterocycles. The quantitative estimate of drug-likeness (QED) is 0.692. The van der Waals surface area contributed by atoms with E-state index in [0.29, 0.717) is 43.1 Å². The Hall–Kier alpha value is -1.22. The number of nitrogens with one attached hydrogen (secondary N) is 1. The van der Waals surface area contributed by atoms with Crippen molar-refractivity contribution in [2.75, 3.05) is 26.2 Å². The highest BCUT2D eigenvalue weighted by Gasteiger charge is 2.41. The number of benzene rings is 1. The summed E-state index contributed by atoms with van der Waals surface area (Å²) in [7, 11) is 0. The van der Waals surface area contributed by atoms with E-state index in [1.54, 1.807) is 6.07 Å². The number of carbonyl (C=O) groups excluding carboxylic acids is 1. The topological polar surface area (TPSA) is 72.8 Å². The van der Waals surface area contributed by atoms with Gasteiger partial charge in [0.1, 0.15) is 5.75 Å². The minimum absolute atomic E-state index is 0.0100. The molecule has 146 valence electrons. The largest absolute Gasteiger partial charge is 0.508 e. The molecule has 1 fully saturated rings. The molecule has 0 aromatic heterocycles. The third-order valence-corrected chi connectivity index (χ3v) is 5.37. The van der Waals surface area contributed by atoms with Gasteiger partial charge in [-0.25, -0.2) is 0 Å². The van der Waals surface area contributed by atoms with Crippen molar-refractivity contribution in [3.8, 4) is 5.75 Å². The predicted octanol–water partition coefficient (Wildman–Crippen LogP) is 2.95. The second kappa shape index (κ2) is 8.21. The molecule has 2 rings (SSSR count). The van der Waals surface area contributed by atoms with Crippen LogP contribution in [0.4, 0.5) is 13.2 Å². The summed E-state index contributed by atoms with van der Waals surface area (Å²) in [5.41, 5.74) is -0.210. The summed E-state index contributed by atoms with van der Waals surface area (Å²) in [4.78, 5) is 13.0. The van der Waals surface area contributed by atoms with Gasteiger partial charge in [-0.3, -0.25) is 9.69 Å². The van der Waals surface area contributed by atoms with Gasteiger partial charge in [-0.2, -0.15) is 13.2 Å². The number of halogens is 5. The molecule has 1 amide bonds. The Bertz CT molecular complexity index is 663. The van der Waals surface area contributed by atoms with Gasteiger partial charge in [-0.05, 0) is 32.0 Å². The lowest BCUT2D eigenvalue weighted by Crippen LogP contribution is -2.50. The zero-order chi connectivity index (χ0) is 19.5. The van der Waals surface area contributed by atoms with Crippen LogP contribution < -0.4 is 5.32 Å². The van der Waals surface area contributed by atoms with E-state index in [1.807, 2.05) is 10.2 Å². The van der Waals surface area contributed by atoms with Crippen LogP contribution in [0.15, 0.2) is 12.1 Å². The number of amides is 1. The highest BCUT2D eigenvalue weighted by atomic mass is 35.5. The number of hydrogen-bond acceptors (Lipinski definition) is 4. The number of aromatic hydroxyl groups is 1. The summed E-state index contributed by atoms with van der Waals surface area (Å²) in [6, 6.07) is 2.92. The Balaban J connectivity index is 1.94. The minimum atomic E-state index is -4.94. The van der Waals surface area contributed by atoms with E-state index in [1.165, 1.54) is 6.07 Å². The molecule has 26 heavy (non-hydrogen) atoms. The molecule has 0 atom stereocenters. The highest BCUT2D eigenvalue weighted by Crippen LogP contribution is 2.34. The molecule has 5 nitrogen and oxygen atoms in total. The van der Waals surface area contributed by atoms with E-state index >= 15 is 0 Å². The molecule has 3 N–H and O–H groups in total. The Morgan fingerprint density at radius 3 is 2.35 bits per heavy atom. The van der Waals surface area contributed by atoms with E-state index in [0.717, 1.165) is 0 Å². The molecule has 1 heterocycles. The lowest BCUT2D eigenvalue weighted by atomic mass is 9.79. The van der Waals surface area contributed by atoms with E-state index in [9.17, 15) is 28.2 Å². The van der Waals surface area contributed by atoms with Crippen LogP contribution in [0.5, 0.6) is 5.75 Å². The SMILES string of the molecule is O=C(NCC1(CO)CCN(Cc2cc(Cl)c(Cl)cc2O)CC1)C(F)(F)F. The number of hydrogen-bond donors (Lipinski definition) is 3. The van der Waals surface area contributed by atoms with Gasteiger partial charge < -0.3 is 15.5 Å². The average molecular weight is 415 g/mol. The van der Waals surface area contributed by atoms with Gasteiger partial charge >= 0.3 is 12.1 Å². The molecule has 10 heteroatoms. The van der Waals surface area contributed by atoms with Crippen LogP contribution in [0.1, 0.15) is 18.4 Å². The van der Waals surface area contributed by atoms with Crippen molar-refractivity contribution in [1.29, 1.82) is 0 Å². The molecular weight excluding hydrogens is 396 g/mol. The normalized spacial score (nSPS) is 17.9. The maximum absolute atomic E-state index is 12.3. The Morgan fingerprint density at radius 2 is 1.81 bits per heavy atom. The summed E-state index contributed by atoms with van der Waals surface area (Å²) in [5, 5.41) is 22.0. The summed E-state index contributed by atoms with van der Waals surface area (Å²) in [6.45, 7) is 0.800. The first-order valence-corrected chi connectivity index (χ1v) is 8.67. The van der Waals surface area contributed by atoms with Crippen LogP contribution in [0.25, 0.3) is 0 Å². The summed E-state index contributed by atoms with van der Waals surface area (Å²) in [6.07, 6.45) is -4.13. The van der Waals surface area contributed by atoms with Gasteiger partial charge in [0.15, 0.2) is 0 Å². The molecule has 0 bridgehead atoms. The Labute approximate surface area is 158 Å². The molecule has 0 unspecified atom stereocenters. The third kappa shape index (κ3) is 5.16. The maximum Gasteiger partial charge on any atom is 0.471 e. The van der Waals surface area contributed by atoms with Crippen LogP contribution in [-0.2, 0) is 11.3 Å². The van der Waals surface area contributed by atoms with E-state index in [2.05, 4.69) is 0 Å². The van der Waals surface area contributed by atoms with Gasteiger partial charge in [-0.1, -0.05) is 23.2 Å². The third-order valence-electron chi connectivity index (χ3n) is 4.65. The number of aliphatic hydroxyl groups is 1. The molecule has 1 aliphatic rings. The fourth-order valence-corrected chi connectivity index (χ4v) is 3.23. The molecule has 0 spiro atoms. The van der Waals surface area contributed by atoms with E-state index < -0.39 is 17.5 Å². The van der Waals surface area contributed by atoms with Crippen LogP contribution >= 0.6 is 23.2 Å². The maximum atomic E-state index is 12.3. The molecule has 1 aromatic carbocycles. The smallest absolute Gasteiger partial charge is 0.471 e. The van der Waals surface area contributed by atoms with Crippen molar-refractivity contribution < 1.29 is 28.2 Å². The first kappa shape index (κ1) is 21.1. The number of phenols is 1. The number of aliphatic hydroxyl groups excluding tert-OH is 1. The molecular formula is C16H19Cl2F3N2O3. The summed E-state index contributed by atoms with van der Waals surface area (Å²) >= 11 is 11.8. The van der Waals surface area contributed by atoms with Crippen molar-refractivity contribution in [2.24, 2.45) is 5.41 Å². The van der Waals surface area contributed by atoms with Gasteiger partial charge in [0.25, 0.3) is 0 Å². The summed E-state index contributed by atoms with van der Waals surface area (Å²) in [5.74, 6) is -2.00. The Kier molecular flexibility index (Phi) is 6.65. The number of carbonyl (C=O) groups is 1. The van der Waals surface area contributed by atoms with Gasteiger partial charge in [0, 0.05) is 30.1 Å². The number of phenolic OH excluding ortho intramolecular Hbond substituents is 1. The van der Waals surface area contributed by atoms with Crippen LogP contribution in [-0.4, -0.2) is 53.4 Å². The predicted molar refractivity (Wildman–Crippen MR) is 91.2 cm³/mol. The second-order valence-corrected chi connectivity index (χ2v) is 7.32. The number of alkyl halides is 3. The molecule has 1 aromatic rings. The zero-order valence-electron chi connectivity index (χ0n) is 13.7. The fourth-order valence-electron chi connectivity index (χ4n) is 2.89.